The Labute approximate surface area is 157 Å². The van der Waals surface area contributed by atoms with E-state index in [4.69, 9.17) is 0 Å². The number of pyridine rings is 1. The highest BCUT2D eigenvalue weighted by Gasteiger charge is 2.22. The van der Waals surface area contributed by atoms with Gasteiger partial charge in [0, 0.05) is 38.2 Å². The number of imidazole rings is 1. The molecule has 3 aromatic heterocycles. The lowest BCUT2D eigenvalue weighted by Gasteiger charge is -2.27. The molecular formula is C19H23N7O. The minimum Gasteiger partial charge on any atom is -0.345 e. The molecule has 0 bridgehead atoms. The summed E-state index contributed by atoms with van der Waals surface area (Å²) in [5.41, 5.74) is 2.34. The van der Waals surface area contributed by atoms with E-state index < -0.39 is 0 Å². The third kappa shape index (κ3) is 3.90. The van der Waals surface area contributed by atoms with Gasteiger partial charge in [-0.15, -0.1) is 0 Å². The van der Waals surface area contributed by atoms with Crippen molar-refractivity contribution in [2.45, 2.75) is 39.6 Å². The Balaban J connectivity index is 1.39. The zero-order valence-corrected chi connectivity index (χ0v) is 15.4. The van der Waals surface area contributed by atoms with Crippen molar-refractivity contribution in [1.82, 2.24) is 34.5 Å². The van der Waals surface area contributed by atoms with Gasteiger partial charge in [0.15, 0.2) is 5.69 Å². The molecule has 8 nitrogen and oxygen atoms in total. The first-order chi connectivity index (χ1) is 13.2. The van der Waals surface area contributed by atoms with Gasteiger partial charge in [-0.3, -0.25) is 19.4 Å². The number of carbonyl (C=O) groups excluding carboxylic acids is 1. The van der Waals surface area contributed by atoms with Gasteiger partial charge in [-0.25, -0.2) is 4.98 Å². The highest BCUT2D eigenvalue weighted by Crippen LogP contribution is 2.16. The van der Waals surface area contributed by atoms with Gasteiger partial charge in [-0.2, -0.15) is 5.10 Å². The average Bonchev–Trinajstić information content (AvgIpc) is 3.33. The molecule has 0 fully saturated rings. The molecule has 0 radical (unpaired) electrons. The van der Waals surface area contributed by atoms with E-state index >= 15 is 0 Å². The first-order valence-electron chi connectivity index (χ1n) is 9.20. The maximum Gasteiger partial charge on any atom is 0.272 e. The van der Waals surface area contributed by atoms with Crippen LogP contribution in [0.3, 0.4) is 0 Å². The molecule has 4 rings (SSSR count). The van der Waals surface area contributed by atoms with Crippen LogP contribution in [0.25, 0.3) is 0 Å². The van der Waals surface area contributed by atoms with Gasteiger partial charge < -0.3 is 9.88 Å². The molecule has 0 atom stereocenters. The van der Waals surface area contributed by atoms with Crippen molar-refractivity contribution in [2.75, 3.05) is 6.54 Å². The van der Waals surface area contributed by atoms with E-state index in [0.717, 1.165) is 49.9 Å². The lowest BCUT2D eigenvalue weighted by Crippen LogP contribution is -2.34. The van der Waals surface area contributed by atoms with Crippen molar-refractivity contribution < 1.29 is 4.79 Å². The summed E-state index contributed by atoms with van der Waals surface area (Å²) < 4.78 is 4.08. The molecule has 0 saturated heterocycles. The van der Waals surface area contributed by atoms with Gasteiger partial charge in [-0.05, 0) is 25.1 Å². The zero-order valence-electron chi connectivity index (χ0n) is 15.4. The predicted molar refractivity (Wildman–Crippen MR) is 99.6 cm³/mol. The van der Waals surface area contributed by atoms with Gasteiger partial charge in [0.25, 0.3) is 5.91 Å². The van der Waals surface area contributed by atoms with Gasteiger partial charge in [0.1, 0.15) is 5.82 Å². The molecule has 1 amide bonds. The number of carbonyl (C=O) groups is 1. The first kappa shape index (κ1) is 17.4. The van der Waals surface area contributed by atoms with E-state index in [0.29, 0.717) is 12.2 Å². The second kappa shape index (κ2) is 7.71. The van der Waals surface area contributed by atoms with Crippen LogP contribution in [-0.2, 0) is 32.7 Å². The van der Waals surface area contributed by atoms with Crippen molar-refractivity contribution in [1.29, 1.82) is 0 Å². The quantitative estimate of drug-likeness (QED) is 0.715. The number of nitrogens with one attached hydrogen (secondary N) is 1. The number of aryl methyl sites for hydroxylation is 1. The number of rotatable bonds is 6. The van der Waals surface area contributed by atoms with Crippen LogP contribution in [-0.4, -0.2) is 41.7 Å². The number of aromatic nitrogens is 5. The SMILES string of the molecule is CCn1ccnc1CN1CCn2nc(C(=O)NCc3ccccn3)cc2C1. The Morgan fingerprint density at radius 2 is 2.15 bits per heavy atom. The Kier molecular flexibility index (Phi) is 4.97. The molecule has 0 spiro atoms. The monoisotopic (exact) mass is 365 g/mol. The van der Waals surface area contributed by atoms with Crippen LogP contribution in [0.5, 0.6) is 0 Å². The lowest BCUT2D eigenvalue weighted by atomic mass is 10.2. The summed E-state index contributed by atoms with van der Waals surface area (Å²) in [7, 11) is 0. The van der Waals surface area contributed by atoms with Gasteiger partial charge in [-0.1, -0.05) is 6.07 Å². The molecule has 1 aliphatic heterocycles. The van der Waals surface area contributed by atoms with Crippen LogP contribution in [0, 0.1) is 0 Å². The number of hydrogen-bond acceptors (Lipinski definition) is 5. The maximum atomic E-state index is 12.4. The van der Waals surface area contributed by atoms with Crippen LogP contribution in [0.4, 0.5) is 0 Å². The van der Waals surface area contributed by atoms with Crippen LogP contribution >= 0.6 is 0 Å². The summed E-state index contributed by atoms with van der Waals surface area (Å²) in [6.45, 7) is 6.65. The van der Waals surface area contributed by atoms with Crippen LogP contribution in [0.2, 0.25) is 0 Å². The van der Waals surface area contributed by atoms with Crippen LogP contribution < -0.4 is 5.32 Å². The van der Waals surface area contributed by atoms with Gasteiger partial charge >= 0.3 is 0 Å². The molecule has 140 valence electrons. The van der Waals surface area contributed by atoms with Crippen LogP contribution in [0.15, 0.2) is 42.9 Å². The topological polar surface area (TPSA) is 80.9 Å². The molecule has 4 heterocycles. The Morgan fingerprint density at radius 3 is 2.96 bits per heavy atom. The fourth-order valence-electron chi connectivity index (χ4n) is 3.31. The fourth-order valence-corrected chi connectivity index (χ4v) is 3.31. The van der Waals surface area contributed by atoms with Gasteiger partial charge in [0.2, 0.25) is 0 Å². The molecule has 1 aliphatic rings. The third-order valence-corrected chi connectivity index (χ3v) is 4.77. The normalized spacial score (nSPS) is 14.1. The molecule has 27 heavy (non-hydrogen) atoms. The molecule has 3 aromatic rings. The smallest absolute Gasteiger partial charge is 0.272 e. The van der Waals surface area contributed by atoms with E-state index in [1.165, 1.54) is 0 Å². The molecule has 0 saturated carbocycles. The summed E-state index contributed by atoms with van der Waals surface area (Å²) in [6, 6.07) is 7.53. The average molecular weight is 365 g/mol. The highest BCUT2D eigenvalue weighted by atomic mass is 16.1. The molecule has 0 unspecified atom stereocenters. The van der Waals surface area contributed by atoms with E-state index in [9.17, 15) is 4.79 Å². The van der Waals surface area contributed by atoms with Crippen molar-refractivity contribution in [2.24, 2.45) is 0 Å². The first-order valence-corrected chi connectivity index (χ1v) is 9.20. The predicted octanol–water partition coefficient (Wildman–Crippen LogP) is 1.44. The van der Waals surface area contributed by atoms with E-state index in [2.05, 4.69) is 36.8 Å². The molecular weight excluding hydrogens is 342 g/mol. The van der Waals surface area contributed by atoms with Crippen LogP contribution in [0.1, 0.15) is 34.6 Å². The number of hydrogen-bond donors (Lipinski definition) is 1. The number of amides is 1. The van der Waals surface area contributed by atoms with Gasteiger partial charge in [0.05, 0.1) is 31.0 Å². The summed E-state index contributed by atoms with van der Waals surface area (Å²) in [5, 5.41) is 7.35. The lowest BCUT2D eigenvalue weighted by molar-refractivity contribution is 0.0944. The molecule has 8 heteroatoms. The Hall–Kier alpha value is -3.00. The standard InChI is InChI=1S/C19H23N7O/c1-2-25-8-7-21-18(25)14-24-9-10-26-16(13-24)11-17(23-26)19(27)22-12-15-5-3-4-6-20-15/h3-8,11H,2,9-10,12-14H2,1H3,(H,22,27). The van der Waals surface area contributed by atoms with Crippen molar-refractivity contribution in [3.63, 3.8) is 0 Å². The zero-order chi connectivity index (χ0) is 18.6. The molecule has 0 aromatic carbocycles. The van der Waals surface area contributed by atoms with Crippen molar-refractivity contribution in [3.05, 3.63) is 65.8 Å². The van der Waals surface area contributed by atoms with E-state index in [-0.39, 0.29) is 5.91 Å². The summed E-state index contributed by atoms with van der Waals surface area (Å²) in [6.07, 6.45) is 5.57. The largest absolute Gasteiger partial charge is 0.345 e. The number of nitrogens with zero attached hydrogens (tertiary/aromatic N) is 6. The van der Waals surface area contributed by atoms with E-state index in [1.54, 1.807) is 6.20 Å². The van der Waals surface area contributed by atoms with Crippen molar-refractivity contribution >= 4 is 5.91 Å². The van der Waals surface area contributed by atoms with E-state index in [1.807, 2.05) is 41.3 Å². The minimum absolute atomic E-state index is 0.171. The van der Waals surface area contributed by atoms with Crippen molar-refractivity contribution in [3.8, 4) is 0 Å². The Morgan fingerprint density at radius 1 is 1.22 bits per heavy atom. The summed E-state index contributed by atoms with van der Waals surface area (Å²) in [4.78, 5) is 23.4. The molecule has 1 N–H and O–H groups in total. The Bertz CT molecular complexity index is 915. The summed E-state index contributed by atoms with van der Waals surface area (Å²) >= 11 is 0. The fraction of sp³-hybridized carbons (Fsp3) is 0.368. The number of fused-ring (bicyclic) bond motifs is 1. The third-order valence-electron chi connectivity index (χ3n) is 4.77. The molecule has 0 aliphatic carbocycles. The highest BCUT2D eigenvalue weighted by molar-refractivity contribution is 5.92. The second-order valence-corrected chi connectivity index (χ2v) is 6.59. The summed E-state index contributed by atoms with van der Waals surface area (Å²) in [5.74, 6) is 0.898. The second-order valence-electron chi connectivity index (χ2n) is 6.59. The minimum atomic E-state index is -0.171. The maximum absolute atomic E-state index is 12.4.